The Hall–Kier alpha value is -1.32. The van der Waals surface area contributed by atoms with E-state index < -0.39 is 0 Å². The lowest BCUT2D eigenvalue weighted by Gasteiger charge is -2.12. The lowest BCUT2D eigenvalue weighted by atomic mass is 10.0. The Kier molecular flexibility index (Phi) is 3.59. The molecule has 3 heteroatoms. The van der Waals surface area contributed by atoms with Crippen molar-refractivity contribution in [2.75, 3.05) is 6.26 Å². The van der Waals surface area contributed by atoms with Crippen molar-refractivity contribution in [1.29, 1.82) is 0 Å². The second-order valence-electron chi connectivity index (χ2n) is 3.52. The number of rotatable bonds is 3. The number of nitrogens with zero attached hydrogens (tertiary/aromatic N) is 1. The molecule has 0 fully saturated rings. The summed E-state index contributed by atoms with van der Waals surface area (Å²) in [5, 5.41) is 1.02. The summed E-state index contributed by atoms with van der Waals surface area (Å²) >= 11 is 1.63. The first-order valence-electron chi connectivity index (χ1n) is 5.11. The van der Waals surface area contributed by atoms with Crippen molar-refractivity contribution in [1.82, 2.24) is 4.98 Å². The smallest absolute Gasteiger partial charge is 0.0957 e. The molecule has 0 saturated heterocycles. The molecule has 82 valence electrons. The second-order valence-corrected chi connectivity index (χ2v) is 4.35. The Morgan fingerprint density at radius 3 is 2.38 bits per heavy atom. The van der Waals surface area contributed by atoms with Crippen LogP contribution in [0.4, 0.5) is 0 Å². The summed E-state index contributed by atoms with van der Waals surface area (Å²) in [5.74, 6) is 0. The Morgan fingerprint density at radius 1 is 1.06 bits per heavy atom. The molecule has 2 aromatic rings. The summed E-state index contributed by atoms with van der Waals surface area (Å²) < 4.78 is 0. The van der Waals surface area contributed by atoms with Crippen LogP contribution in [0.1, 0.15) is 17.2 Å². The van der Waals surface area contributed by atoms with Gasteiger partial charge in [-0.1, -0.05) is 36.4 Å². The molecule has 2 N–H and O–H groups in total. The minimum atomic E-state index is -0.0930. The van der Waals surface area contributed by atoms with E-state index in [9.17, 15) is 0 Å². The molecule has 2 nitrogen and oxygen atoms in total. The summed E-state index contributed by atoms with van der Waals surface area (Å²) in [4.78, 5) is 4.33. The number of pyridine rings is 1. The normalized spacial score (nSPS) is 12.4. The van der Waals surface area contributed by atoms with Gasteiger partial charge in [-0.3, -0.25) is 0 Å². The first-order valence-corrected chi connectivity index (χ1v) is 6.34. The molecule has 0 aliphatic heterocycles. The highest BCUT2D eigenvalue weighted by Gasteiger charge is 2.08. The van der Waals surface area contributed by atoms with E-state index >= 15 is 0 Å². The minimum Gasteiger partial charge on any atom is -0.320 e. The Bertz CT molecular complexity index is 439. The van der Waals surface area contributed by atoms with Gasteiger partial charge in [0, 0.05) is 6.20 Å². The quantitative estimate of drug-likeness (QED) is 0.824. The van der Waals surface area contributed by atoms with Gasteiger partial charge in [-0.05, 0) is 23.4 Å². The molecular weight excluding hydrogens is 216 g/mol. The number of hydrogen-bond donors (Lipinski definition) is 1. The second kappa shape index (κ2) is 5.14. The number of hydrogen-bond acceptors (Lipinski definition) is 3. The van der Waals surface area contributed by atoms with Crippen LogP contribution in [0, 0.1) is 0 Å². The number of benzene rings is 1. The average molecular weight is 230 g/mol. The SMILES string of the molecule is CSc1ccc([C@H](N)c2ccccc2)cn1. The molecule has 1 atom stereocenters. The lowest BCUT2D eigenvalue weighted by molar-refractivity contribution is 0.855. The number of aromatic nitrogens is 1. The standard InChI is InChI=1S/C13H14N2S/c1-16-12-8-7-11(9-15-12)13(14)10-5-3-2-4-6-10/h2-9,13H,14H2,1H3/t13-/m1/s1. The van der Waals surface area contributed by atoms with Crippen LogP contribution in [0.25, 0.3) is 0 Å². The Balaban J connectivity index is 2.24. The minimum absolute atomic E-state index is 0.0930. The zero-order valence-electron chi connectivity index (χ0n) is 9.13. The van der Waals surface area contributed by atoms with Crippen molar-refractivity contribution in [2.45, 2.75) is 11.1 Å². The first kappa shape index (κ1) is 11.2. The molecule has 1 aromatic heterocycles. The van der Waals surface area contributed by atoms with Gasteiger partial charge in [-0.2, -0.15) is 0 Å². The summed E-state index contributed by atoms with van der Waals surface area (Å²) in [6, 6.07) is 14.0. The summed E-state index contributed by atoms with van der Waals surface area (Å²) in [6.07, 6.45) is 3.86. The third-order valence-corrected chi connectivity index (χ3v) is 3.15. The maximum Gasteiger partial charge on any atom is 0.0957 e. The van der Waals surface area contributed by atoms with E-state index in [0.717, 1.165) is 16.2 Å². The van der Waals surface area contributed by atoms with Crippen LogP contribution in [0.15, 0.2) is 53.7 Å². The average Bonchev–Trinajstić information content (AvgIpc) is 2.39. The first-order chi connectivity index (χ1) is 7.81. The van der Waals surface area contributed by atoms with Crippen LogP contribution in [0.2, 0.25) is 0 Å². The molecule has 0 saturated carbocycles. The zero-order valence-corrected chi connectivity index (χ0v) is 9.95. The van der Waals surface area contributed by atoms with Gasteiger partial charge in [-0.15, -0.1) is 11.8 Å². The van der Waals surface area contributed by atoms with E-state index in [0.29, 0.717) is 0 Å². The van der Waals surface area contributed by atoms with Gasteiger partial charge in [0.15, 0.2) is 0 Å². The van der Waals surface area contributed by atoms with Gasteiger partial charge in [0.2, 0.25) is 0 Å². The summed E-state index contributed by atoms with van der Waals surface area (Å²) in [6.45, 7) is 0. The van der Waals surface area contributed by atoms with Crippen molar-refractivity contribution in [2.24, 2.45) is 5.73 Å². The molecule has 16 heavy (non-hydrogen) atoms. The van der Waals surface area contributed by atoms with Gasteiger partial charge < -0.3 is 5.73 Å². The highest BCUT2D eigenvalue weighted by molar-refractivity contribution is 7.98. The highest BCUT2D eigenvalue weighted by atomic mass is 32.2. The van der Waals surface area contributed by atoms with Crippen LogP contribution >= 0.6 is 11.8 Å². The molecular formula is C13H14N2S. The fourth-order valence-electron chi connectivity index (χ4n) is 1.55. The van der Waals surface area contributed by atoms with E-state index in [4.69, 9.17) is 5.73 Å². The highest BCUT2D eigenvalue weighted by Crippen LogP contribution is 2.20. The molecule has 0 aliphatic carbocycles. The molecule has 0 radical (unpaired) electrons. The zero-order chi connectivity index (χ0) is 11.4. The Morgan fingerprint density at radius 2 is 1.81 bits per heavy atom. The molecule has 0 spiro atoms. The third kappa shape index (κ3) is 2.43. The fraction of sp³-hybridized carbons (Fsp3) is 0.154. The van der Waals surface area contributed by atoms with Gasteiger partial charge in [-0.25, -0.2) is 4.98 Å². The van der Waals surface area contributed by atoms with E-state index in [1.54, 1.807) is 11.8 Å². The number of nitrogens with two attached hydrogens (primary N) is 1. The van der Waals surface area contributed by atoms with Crippen molar-refractivity contribution >= 4 is 11.8 Å². The predicted molar refractivity (Wildman–Crippen MR) is 68.5 cm³/mol. The topological polar surface area (TPSA) is 38.9 Å². The molecule has 1 heterocycles. The van der Waals surface area contributed by atoms with Gasteiger partial charge in [0.1, 0.15) is 0 Å². The molecule has 0 aliphatic rings. The number of thioether (sulfide) groups is 1. The molecule has 0 unspecified atom stereocenters. The largest absolute Gasteiger partial charge is 0.320 e. The van der Waals surface area contributed by atoms with Crippen molar-refractivity contribution < 1.29 is 0 Å². The molecule has 0 amide bonds. The summed E-state index contributed by atoms with van der Waals surface area (Å²) in [7, 11) is 0. The van der Waals surface area contributed by atoms with Gasteiger partial charge in [0.05, 0.1) is 11.1 Å². The maximum atomic E-state index is 6.16. The predicted octanol–water partition coefficient (Wildman–Crippen LogP) is 2.85. The van der Waals surface area contributed by atoms with E-state index in [1.165, 1.54) is 0 Å². The van der Waals surface area contributed by atoms with Crippen LogP contribution in [0.5, 0.6) is 0 Å². The van der Waals surface area contributed by atoms with Crippen molar-refractivity contribution in [3.05, 3.63) is 59.8 Å². The van der Waals surface area contributed by atoms with Gasteiger partial charge >= 0.3 is 0 Å². The third-order valence-electron chi connectivity index (χ3n) is 2.49. The van der Waals surface area contributed by atoms with Gasteiger partial charge in [0.25, 0.3) is 0 Å². The monoisotopic (exact) mass is 230 g/mol. The molecule has 1 aromatic carbocycles. The summed E-state index contributed by atoms with van der Waals surface area (Å²) in [5.41, 5.74) is 8.32. The van der Waals surface area contributed by atoms with E-state index in [-0.39, 0.29) is 6.04 Å². The van der Waals surface area contributed by atoms with E-state index in [1.807, 2.05) is 54.9 Å². The maximum absolute atomic E-state index is 6.16. The fourth-order valence-corrected chi connectivity index (χ4v) is 1.91. The van der Waals surface area contributed by atoms with E-state index in [2.05, 4.69) is 4.98 Å². The van der Waals surface area contributed by atoms with Crippen LogP contribution in [-0.4, -0.2) is 11.2 Å². The Labute approximate surface area is 99.9 Å². The van der Waals surface area contributed by atoms with Crippen LogP contribution in [0.3, 0.4) is 0 Å². The van der Waals surface area contributed by atoms with Crippen LogP contribution in [-0.2, 0) is 0 Å². The van der Waals surface area contributed by atoms with Crippen molar-refractivity contribution in [3.63, 3.8) is 0 Å². The van der Waals surface area contributed by atoms with Crippen molar-refractivity contribution in [3.8, 4) is 0 Å². The van der Waals surface area contributed by atoms with Crippen LogP contribution < -0.4 is 5.73 Å². The molecule has 2 rings (SSSR count). The molecule has 0 bridgehead atoms. The lowest BCUT2D eigenvalue weighted by Crippen LogP contribution is -2.11.